The van der Waals surface area contributed by atoms with Crippen LogP contribution in [0.15, 0.2) is 12.4 Å². The molecule has 106 valence electrons. The Morgan fingerprint density at radius 3 is 2.84 bits per heavy atom. The lowest BCUT2D eigenvalue weighted by Crippen LogP contribution is -2.25. The van der Waals surface area contributed by atoms with Gasteiger partial charge in [0.15, 0.2) is 0 Å². The monoisotopic (exact) mass is 263 g/mol. The molecule has 1 fully saturated rings. The van der Waals surface area contributed by atoms with E-state index in [1.54, 1.807) is 0 Å². The van der Waals surface area contributed by atoms with Gasteiger partial charge in [-0.25, -0.2) is 9.97 Å². The van der Waals surface area contributed by atoms with Crippen molar-refractivity contribution in [3.8, 4) is 0 Å². The zero-order chi connectivity index (χ0) is 13.5. The first kappa shape index (κ1) is 14.4. The molecule has 0 radical (unpaired) electrons. The van der Waals surface area contributed by atoms with Crippen molar-refractivity contribution in [2.75, 3.05) is 13.2 Å². The number of aryl methyl sites for hydroxylation is 1. The largest absolute Gasteiger partial charge is 0.378 e. The molecule has 0 aromatic carbocycles. The van der Waals surface area contributed by atoms with Gasteiger partial charge in [-0.15, -0.1) is 0 Å². The first-order valence-electron chi connectivity index (χ1n) is 7.43. The number of aromatic nitrogens is 2. The van der Waals surface area contributed by atoms with E-state index >= 15 is 0 Å². The van der Waals surface area contributed by atoms with Gasteiger partial charge in [0.2, 0.25) is 0 Å². The Kier molecular flexibility index (Phi) is 5.73. The van der Waals surface area contributed by atoms with Crippen LogP contribution in [0, 0.1) is 6.92 Å². The third-order valence-electron chi connectivity index (χ3n) is 3.55. The normalized spacial score (nSPS) is 20.6. The molecule has 2 heterocycles. The van der Waals surface area contributed by atoms with Gasteiger partial charge in [-0.2, -0.15) is 0 Å². The number of ether oxygens (including phenoxy) is 1. The molecule has 1 aromatic rings. The molecule has 1 aromatic heterocycles. The molecular weight excluding hydrogens is 238 g/mol. The first-order chi connectivity index (χ1) is 9.29. The smallest absolute Gasteiger partial charge is 0.145 e. The molecule has 2 rings (SSSR count). The summed E-state index contributed by atoms with van der Waals surface area (Å²) in [5.74, 6) is 0.914. The Labute approximate surface area is 116 Å². The lowest BCUT2D eigenvalue weighted by atomic mass is 10.0. The van der Waals surface area contributed by atoms with Crippen LogP contribution in [0.1, 0.15) is 56.5 Å². The van der Waals surface area contributed by atoms with Crippen molar-refractivity contribution in [1.82, 2.24) is 15.3 Å². The second kappa shape index (κ2) is 7.56. The van der Waals surface area contributed by atoms with Crippen molar-refractivity contribution in [3.63, 3.8) is 0 Å². The Hall–Kier alpha value is -1.00. The molecule has 0 bridgehead atoms. The molecule has 1 aliphatic heterocycles. The SMILES string of the molecule is CCCNC(CCC1CCCO1)c1ncc(C)cn1. The predicted octanol–water partition coefficient (Wildman–Crippen LogP) is 2.78. The number of nitrogens with zero attached hydrogens (tertiary/aromatic N) is 2. The Morgan fingerprint density at radius 2 is 2.21 bits per heavy atom. The molecule has 1 aliphatic rings. The summed E-state index contributed by atoms with van der Waals surface area (Å²) in [7, 11) is 0. The second-order valence-electron chi connectivity index (χ2n) is 5.34. The van der Waals surface area contributed by atoms with Crippen molar-refractivity contribution in [2.45, 2.75) is 58.1 Å². The van der Waals surface area contributed by atoms with Gasteiger partial charge in [0.05, 0.1) is 12.1 Å². The third-order valence-corrected chi connectivity index (χ3v) is 3.55. The van der Waals surface area contributed by atoms with E-state index in [1.807, 2.05) is 19.3 Å². The quantitative estimate of drug-likeness (QED) is 0.821. The van der Waals surface area contributed by atoms with Crippen LogP contribution in [0.5, 0.6) is 0 Å². The van der Waals surface area contributed by atoms with Gasteiger partial charge in [-0.1, -0.05) is 6.92 Å². The zero-order valence-electron chi connectivity index (χ0n) is 12.1. The van der Waals surface area contributed by atoms with Gasteiger partial charge in [0, 0.05) is 19.0 Å². The van der Waals surface area contributed by atoms with Crippen molar-refractivity contribution < 1.29 is 4.74 Å². The van der Waals surface area contributed by atoms with Gasteiger partial charge in [-0.3, -0.25) is 0 Å². The minimum Gasteiger partial charge on any atom is -0.378 e. The Balaban J connectivity index is 1.91. The number of hydrogen-bond donors (Lipinski definition) is 1. The van der Waals surface area contributed by atoms with Gasteiger partial charge >= 0.3 is 0 Å². The summed E-state index contributed by atoms with van der Waals surface area (Å²) in [6, 6.07) is 0.254. The molecular formula is C15H25N3O. The van der Waals surface area contributed by atoms with Crippen LogP contribution in [0.25, 0.3) is 0 Å². The zero-order valence-corrected chi connectivity index (χ0v) is 12.1. The summed E-state index contributed by atoms with van der Waals surface area (Å²) >= 11 is 0. The molecule has 2 unspecified atom stereocenters. The summed E-state index contributed by atoms with van der Waals surface area (Å²) in [5.41, 5.74) is 1.11. The van der Waals surface area contributed by atoms with Crippen molar-refractivity contribution in [3.05, 3.63) is 23.8 Å². The molecule has 1 N–H and O–H groups in total. The number of rotatable bonds is 7. The van der Waals surface area contributed by atoms with Crippen LogP contribution >= 0.6 is 0 Å². The maximum absolute atomic E-state index is 5.69. The van der Waals surface area contributed by atoms with Crippen molar-refractivity contribution in [1.29, 1.82) is 0 Å². The standard InChI is InChI=1S/C15H25N3O/c1-3-8-16-14(7-6-13-5-4-9-19-13)15-17-10-12(2)11-18-15/h10-11,13-14,16H,3-9H2,1-2H3. The fourth-order valence-corrected chi connectivity index (χ4v) is 2.45. The van der Waals surface area contributed by atoms with Crippen LogP contribution in [0.4, 0.5) is 0 Å². The molecule has 4 nitrogen and oxygen atoms in total. The minimum atomic E-state index is 0.254. The van der Waals surface area contributed by atoms with E-state index in [-0.39, 0.29) is 6.04 Å². The molecule has 19 heavy (non-hydrogen) atoms. The van der Waals surface area contributed by atoms with Crippen LogP contribution in [-0.2, 0) is 4.74 Å². The summed E-state index contributed by atoms with van der Waals surface area (Å²) < 4.78 is 5.69. The lowest BCUT2D eigenvalue weighted by Gasteiger charge is -2.19. The highest BCUT2D eigenvalue weighted by atomic mass is 16.5. The fraction of sp³-hybridized carbons (Fsp3) is 0.733. The Bertz CT molecular complexity index is 360. The van der Waals surface area contributed by atoms with E-state index < -0.39 is 0 Å². The number of hydrogen-bond acceptors (Lipinski definition) is 4. The van der Waals surface area contributed by atoms with E-state index in [4.69, 9.17) is 4.74 Å². The maximum atomic E-state index is 5.69. The van der Waals surface area contributed by atoms with E-state index in [0.717, 1.165) is 43.8 Å². The summed E-state index contributed by atoms with van der Waals surface area (Å²) in [6.07, 6.45) is 9.92. The van der Waals surface area contributed by atoms with Gasteiger partial charge < -0.3 is 10.1 Å². The Morgan fingerprint density at radius 1 is 1.42 bits per heavy atom. The van der Waals surface area contributed by atoms with E-state index in [1.165, 1.54) is 12.8 Å². The molecule has 0 aliphatic carbocycles. The summed E-state index contributed by atoms with van der Waals surface area (Å²) in [6.45, 7) is 6.14. The van der Waals surface area contributed by atoms with Gasteiger partial charge in [0.1, 0.15) is 5.82 Å². The first-order valence-corrected chi connectivity index (χ1v) is 7.43. The van der Waals surface area contributed by atoms with Crippen LogP contribution in [0.2, 0.25) is 0 Å². The number of nitrogens with one attached hydrogen (secondary N) is 1. The third kappa shape index (κ3) is 4.55. The van der Waals surface area contributed by atoms with Gasteiger partial charge in [-0.05, 0) is 51.1 Å². The van der Waals surface area contributed by atoms with Crippen molar-refractivity contribution >= 4 is 0 Å². The topological polar surface area (TPSA) is 47.0 Å². The molecule has 0 saturated carbocycles. The molecule has 0 amide bonds. The highest BCUT2D eigenvalue weighted by Crippen LogP contribution is 2.22. The maximum Gasteiger partial charge on any atom is 0.145 e. The average Bonchev–Trinajstić information content (AvgIpc) is 2.93. The molecule has 0 spiro atoms. The van der Waals surface area contributed by atoms with Crippen molar-refractivity contribution in [2.24, 2.45) is 0 Å². The van der Waals surface area contributed by atoms with Crippen LogP contribution in [-0.4, -0.2) is 29.2 Å². The fourth-order valence-electron chi connectivity index (χ4n) is 2.45. The highest BCUT2D eigenvalue weighted by Gasteiger charge is 2.19. The van der Waals surface area contributed by atoms with E-state index in [9.17, 15) is 0 Å². The van der Waals surface area contributed by atoms with Gasteiger partial charge in [0.25, 0.3) is 0 Å². The van der Waals surface area contributed by atoms with Crippen LogP contribution in [0.3, 0.4) is 0 Å². The minimum absolute atomic E-state index is 0.254. The predicted molar refractivity (Wildman–Crippen MR) is 76.0 cm³/mol. The molecule has 1 saturated heterocycles. The molecule has 2 atom stereocenters. The van der Waals surface area contributed by atoms with Crippen LogP contribution < -0.4 is 5.32 Å². The summed E-state index contributed by atoms with van der Waals surface area (Å²) in [5, 5.41) is 3.55. The van der Waals surface area contributed by atoms with E-state index in [2.05, 4.69) is 22.2 Å². The molecule has 4 heteroatoms. The van der Waals surface area contributed by atoms with E-state index in [0.29, 0.717) is 6.10 Å². The lowest BCUT2D eigenvalue weighted by molar-refractivity contribution is 0.0993. The average molecular weight is 263 g/mol. The summed E-state index contributed by atoms with van der Waals surface area (Å²) in [4.78, 5) is 8.92. The highest BCUT2D eigenvalue weighted by molar-refractivity contribution is 5.04. The second-order valence-corrected chi connectivity index (χ2v) is 5.34.